The molecular weight excluding hydrogens is 587 g/mol. The first-order valence-corrected chi connectivity index (χ1v) is 14.3. The van der Waals surface area contributed by atoms with Gasteiger partial charge in [-0.15, -0.1) is 0 Å². The third-order valence-corrected chi connectivity index (χ3v) is 7.74. The molecule has 4 aromatic rings. The number of alkyl halides is 3. The number of halogens is 3. The highest BCUT2D eigenvalue weighted by Gasteiger charge is 2.43. The van der Waals surface area contributed by atoms with Crippen molar-refractivity contribution in [1.82, 2.24) is 20.0 Å². The zero-order valence-electron chi connectivity index (χ0n) is 24.7. The van der Waals surface area contributed by atoms with E-state index < -0.39 is 47.2 Å². The summed E-state index contributed by atoms with van der Waals surface area (Å²) in [6, 6.07) is 17.5. The van der Waals surface area contributed by atoms with Gasteiger partial charge in [-0.25, -0.2) is 9.48 Å². The third kappa shape index (κ3) is 5.87. The molecule has 0 spiro atoms. The lowest BCUT2D eigenvalue weighted by molar-refractivity contribution is -0.137. The first kappa shape index (κ1) is 29.9. The maximum absolute atomic E-state index is 13.8. The number of fused-ring (bicyclic) bond motifs is 2. The van der Waals surface area contributed by atoms with E-state index in [1.807, 2.05) is 48.5 Å². The highest BCUT2D eigenvalue weighted by molar-refractivity contribution is 6.04. The van der Waals surface area contributed by atoms with Crippen LogP contribution in [0.3, 0.4) is 0 Å². The molecule has 0 bridgehead atoms. The Morgan fingerprint density at radius 3 is 2.40 bits per heavy atom. The Labute approximate surface area is 257 Å². The van der Waals surface area contributed by atoms with Gasteiger partial charge in [-0.05, 0) is 67.8 Å². The number of carbonyl (C=O) groups is 3. The number of hydrogen-bond donors (Lipinski definition) is 2. The van der Waals surface area contributed by atoms with E-state index in [2.05, 4.69) is 15.7 Å². The van der Waals surface area contributed by atoms with Crippen LogP contribution in [-0.4, -0.2) is 44.2 Å². The molecule has 2 aliphatic heterocycles. The van der Waals surface area contributed by atoms with E-state index >= 15 is 0 Å². The first-order valence-electron chi connectivity index (χ1n) is 14.3. The number of amides is 3. The number of rotatable bonds is 4. The molecule has 0 saturated carbocycles. The molecule has 6 rings (SSSR count). The van der Waals surface area contributed by atoms with E-state index in [0.717, 1.165) is 29.3 Å². The standard InChI is InChI=1S/C33H30F3N5O4/c1-32(2,3)45-31(44)40-17-20-10-8-14-23(25(20)18-40)26-24-16-37-41(22-12-5-4-6-13-22)28(24)39-30(43)27(26)38-29(42)19-9-7-11-21(15-19)33(34,35)36/h4-16,26-27H,17-18H2,1-3H3,(H,38,42)(H,39,43)/t26-,27+/m1/s1. The second-order valence-corrected chi connectivity index (χ2v) is 12.0. The first-order chi connectivity index (χ1) is 21.3. The number of anilines is 1. The fourth-order valence-corrected chi connectivity index (χ4v) is 5.76. The van der Waals surface area contributed by atoms with Gasteiger partial charge < -0.3 is 15.4 Å². The Kier molecular flexibility index (Phi) is 7.38. The van der Waals surface area contributed by atoms with Crippen LogP contribution >= 0.6 is 0 Å². The van der Waals surface area contributed by atoms with Crippen LogP contribution in [0.4, 0.5) is 23.8 Å². The van der Waals surface area contributed by atoms with Crippen molar-refractivity contribution in [2.75, 3.05) is 5.32 Å². The van der Waals surface area contributed by atoms with Crippen molar-refractivity contribution < 1.29 is 32.3 Å². The second-order valence-electron chi connectivity index (χ2n) is 12.0. The van der Waals surface area contributed by atoms with E-state index in [-0.39, 0.29) is 18.7 Å². The maximum Gasteiger partial charge on any atom is 0.416 e. The van der Waals surface area contributed by atoms with Crippen molar-refractivity contribution in [3.63, 3.8) is 0 Å². The molecule has 12 heteroatoms. The van der Waals surface area contributed by atoms with Gasteiger partial charge in [0, 0.05) is 30.1 Å². The molecule has 45 heavy (non-hydrogen) atoms. The molecular formula is C33H30F3N5O4. The molecule has 0 radical (unpaired) electrons. The van der Waals surface area contributed by atoms with Gasteiger partial charge in [0.15, 0.2) is 0 Å². The van der Waals surface area contributed by atoms with Crippen LogP contribution in [0, 0.1) is 0 Å². The number of para-hydroxylation sites is 1. The lowest BCUT2D eigenvalue weighted by Crippen LogP contribution is -2.50. The molecule has 3 heterocycles. The number of nitrogens with one attached hydrogen (secondary N) is 2. The van der Waals surface area contributed by atoms with Crippen LogP contribution in [0.5, 0.6) is 0 Å². The smallest absolute Gasteiger partial charge is 0.416 e. The minimum Gasteiger partial charge on any atom is -0.444 e. The SMILES string of the molecule is CC(C)(C)OC(=O)N1Cc2cccc([C@@H]3c4cnn(-c5ccccc5)c4NC(=O)[C@H]3NC(=O)c3cccc(C(F)(F)F)c3)c2C1. The van der Waals surface area contributed by atoms with Crippen molar-refractivity contribution in [1.29, 1.82) is 0 Å². The molecule has 3 aromatic carbocycles. The van der Waals surface area contributed by atoms with Crippen molar-refractivity contribution in [2.45, 2.75) is 57.6 Å². The van der Waals surface area contributed by atoms with Gasteiger partial charge >= 0.3 is 12.3 Å². The van der Waals surface area contributed by atoms with Gasteiger partial charge in [0.05, 0.1) is 17.4 Å². The molecule has 0 unspecified atom stereocenters. The van der Waals surface area contributed by atoms with Gasteiger partial charge in [0.2, 0.25) is 5.91 Å². The molecule has 3 amide bonds. The fraction of sp³-hybridized carbons (Fsp3) is 0.273. The Morgan fingerprint density at radius 2 is 1.69 bits per heavy atom. The molecule has 2 N–H and O–H groups in total. The molecule has 0 aliphatic carbocycles. The lowest BCUT2D eigenvalue weighted by Gasteiger charge is -2.33. The third-order valence-electron chi connectivity index (χ3n) is 7.74. The molecule has 0 fully saturated rings. The van der Waals surface area contributed by atoms with E-state index in [1.54, 1.807) is 36.5 Å². The summed E-state index contributed by atoms with van der Waals surface area (Å²) in [5.74, 6) is -1.78. The molecule has 2 aliphatic rings. The zero-order chi connectivity index (χ0) is 32.1. The average molecular weight is 618 g/mol. The lowest BCUT2D eigenvalue weighted by atomic mass is 9.80. The Bertz CT molecular complexity index is 1800. The van der Waals surface area contributed by atoms with Gasteiger partial charge in [-0.2, -0.15) is 18.3 Å². The Balaban J connectivity index is 1.42. The van der Waals surface area contributed by atoms with Crippen LogP contribution in [-0.2, 0) is 28.8 Å². The number of hydrogen-bond acceptors (Lipinski definition) is 5. The number of carbonyl (C=O) groups excluding carboxylic acids is 3. The summed E-state index contributed by atoms with van der Waals surface area (Å²) in [7, 11) is 0. The zero-order valence-corrected chi connectivity index (χ0v) is 24.7. The summed E-state index contributed by atoms with van der Waals surface area (Å²) < 4.78 is 47.4. The Morgan fingerprint density at radius 1 is 0.956 bits per heavy atom. The van der Waals surface area contributed by atoms with Gasteiger partial charge in [0.1, 0.15) is 17.5 Å². The van der Waals surface area contributed by atoms with Crippen molar-refractivity contribution in [3.8, 4) is 5.69 Å². The fourth-order valence-electron chi connectivity index (χ4n) is 5.76. The topological polar surface area (TPSA) is 106 Å². The van der Waals surface area contributed by atoms with Gasteiger partial charge in [0.25, 0.3) is 5.91 Å². The number of benzene rings is 3. The number of nitrogens with zero attached hydrogens (tertiary/aromatic N) is 3. The Hall–Kier alpha value is -5.13. The highest BCUT2D eigenvalue weighted by atomic mass is 19.4. The van der Waals surface area contributed by atoms with Crippen molar-refractivity contribution in [3.05, 3.63) is 112 Å². The molecule has 232 valence electrons. The number of aromatic nitrogens is 2. The average Bonchev–Trinajstić information content (AvgIpc) is 3.61. The summed E-state index contributed by atoms with van der Waals surface area (Å²) >= 11 is 0. The minimum absolute atomic E-state index is 0.203. The summed E-state index contributed by atoms with van der Waals surface area (Å²) in [5.41, 5.74) is 1.69. The van der Waals surface area contributed by atoms with E-state index in [1.165, 1.54) is 6.07 Å². The maximum atomic E-state index is 13.8. The summed E-state index contributed by atoms with van der Waals surface area (Å²) in [4.78, 5) is 41.8. The van der Waals surface area contributed by atoms with Gasteiger partial charge in [-0.3, -0.25) is 14.5 Å². The van der Waals surface area contributed by atoms with Crippen LogP contribution in [0.15, 0.2) is 79.0 Å². The van der Waals surface area contributed by atoms with Gasteiger partial charge in [-0.1, -0.05) is 42.5 Å². The second kappa shape index (κ2) is 11.1. The van der Waals surface area contributed by atoms with E-state index in [9.17, 15) is 27.6 Å². The predicted octanol–water partition coefficient (Wildman–Crippen LogP) is 6.02. The van der Waals surface area contributed by atoms with Crippen molar-refractivity contribution >= 4 is 23.7 Å². The number of ether oxygens (including phenoxy) is 1. The quantitative estimate of drug-likeness (QED) is 0.291. The molecule has 1 aromatic heterocycles. The largest absolute Gasteiger partial charge is 0.444 e. The van der Waals surface area contributed by atoms with E-state index in [0.29, 0.717) is 22.6 Å². The normalized spacial score (nSPS) is 17.7. The van der Waals surface area contributed by atoms with Crippen LogP contribution in [0.1, 0.15) is 64.9 Å². The molecule has 0 saturated heterocycles. The predicted molar refractivity (Wildman–Crippen MR) is 159 cm³/mol. The van der Waals surface area contributed by atoms with E-state index in [4.69, 9.17) is 4.74 Å². The molecule has 9 nitrogen and oxygen atoms in total. The van der Waals surface area contributed by atoms with Crippen molar-refractivity contribution in [2.24, 2.45) is 0 Å². The minimum atomic E-state index is -4.65. The van der Waals surface area contributed by atoms with Crippen LogP contribution in [0.25, 0.3) is 5.69 Å². The summed E-state index contributed by atoms with van der Waals surface area (Å²) in [6.07, 6.45) is -3.53. The monoisotopic (exact) mass is 617 g/mol. The highest BCUT2D eigenvalue weighted by Crippen LogP contribution is 2.42. The summed E-state index contributed by atoms with van der Waals surface area (Å²) in [5, 5.41) is 10.1. The van der Waals surface area contributed by atoms with Crippen LogP contribution < -0.4 is 10.6 Å². The van der Waals surface area contributed by atoms with Crippen LogP contribution in [0.2, 0.25) is 0 Å². The molecule has 2 atom stereocenters. The summed E-state index contributed by atoms with van der Waals surface area (Å²) in [6.45, 7) is 5.83.